The van der Waals surface area contributed by atoms with Crippen LogP contribution in [-0.2, 0) is 4.79 Å². The zero-order valence-electron chi connectivity index (χ0n) is 7.77. The topological polar surface area (TPSA) is 49.3 Å². The summed E-state index contributed by atoms with van der Waals surface area (Å²) in [4.78, 5) is 11.8. The van der Waals surface area contributed by atoms with Crippen molar-refractivity contribution in [1.29, 1.82) is 0 Å². The lowest BCUT2D eigenvalue weighted by Crippen LogP contribution is -2.28. The van der Waals surface area contributed by atoms with Crippen LogP contribution >= 0.6 is 11.8 Å². The van der Waals surface area contributed by atoms with Crippen LogP contribution in [0.5, 0.6) is 0 Å². The number of hydrogen-bond acceptors (Lipinski definition) is 3. The fourth-order valence-electron chi connectivity index (χ4n) is 0.932. The highest BCUT2D eigenvalue weighted by Crippen LogP contribution is 2.15. The molecule has 0 aliphatic heterocycles. The van der Waals surface area contributed by atoms with Gasteiger partial charge in [-0.1, -0.05) is 18.2 Å². The van der Waals surface area contributed by atoms with Gasteiger partial charge in [0.15, 0.2) is 0 Å². The molecule has 1 aromatic carbocycles. The molecule has 0 aromatic heterocycles. The van der Waals surface area contributed by atoms with Crippen LogP contribution in [0.2, 0.25) is 0 Å². The summed E-state index contributed by atoms with van der Waals surface area (Å²) in [7, 11) is 0. The van der Waals surface area contributed by atoms with E-state index in [9.17, 15) is 4.79 Å². The second-order valence-electron chi connectivity index (χ2n) is 2.67. The molecule has 0 saturated heterocycles. The molecule has 3 nitrogen and oxygen atoms in total. The minimum atomic E-state index is -0.435. The van der Waals surface area contributed by atoms with Gasteiger partial charge in [-0.05, 0) is 12.1 Å². The lowest BCUT2D eigenvalue weighted by atomic mass is 10.4. The molecule has 2 N–H and O–H groups in total. The maximum atomic E-state index is 10.7. The molecule has 0 fully saturated rings. The smallest absolute Gasteiger partial charge is 0.245 e. The number of rotatable bonds is 5. The summed E-state index contributed by atoms with van der Waals surface area (Å²) in [5.74, 6) is 0.495. The molecule has 1 aromatic rings. The van der Waals surface area contributed by atoms with E-state index in [0.717, 1.165) is 5.75 Å². The van der Waals surface area contributed by atoms with E-state index in [0.29, 0.717) is 6.54 Å². The van der Waals surface area contributed by atoms with Crippen LogP contribution in [0.25, 0.3) is 0 Å². The summed E-state index contributed by atoms with van der Waals surface area (Å²) in [6, 6.07) is 9.98. The van der Waals surface area contributed by atoms with Gasteiger partial charge in [0.25, 0.3) is 0 Å². The fraction of sp³-hybridized carbons (Fsp3) is 0.300. The van der Waals surface area contributed by atoms with Crippen molar-refractivity contribution in [2.45, 2.75) is 4.90 Å². The van der Waals surface area contributed by atoms with Gasteiger partial charge >= 0.3 is 0 Å². The van der Waals surface area contributed by atoms with Crippen LogP contribution in [0.3, 0.4) is 0 Å². The van der Waals surface area contributed by atoms with Crippen LogP contribution in [0.15, 0.2) is 35.2 Å². The maximum absolute atomic E-state index is 10.7. The Labute approximate surface area is 87.5 Å². The molecule has 0 atom stereocenters. The summed E-state index contributed by atoms with van der Waals surface area (Å²) in [6.45, 7) is 0.148. The van der Waals surface area contributed by atoms with Crippen molar-refractivity contribution in [3.63, 3.8) is 0 Å². The van der Waals surface area contributed by atoms with Gasteiger partial charge in [-0.15, -0.1) is 11.8 Å². The first kappa shape index (κ1) is 11.1. The van der Waals surface area contributed by atoms with Crippen molar-refractivity contribution in [1.82, 2.24) is 5.32 Å². The molecule has 4 heteroatoms. The molecule has 0 radical (unpaired) electrons. The molecule has 14 heavy (non-hydrogen) atoms. The van der Waals surface area contributed by atoms with Crippen molar-refractivity contribution in [2.75, 3.05) is 18.9 Å². The van der Waals surface area contributed by atoms with E-state index < -0.39 is 6.61 Å². The van der Waals surface area contributed by atoms with Crippen molar-refractivity contribution >= 4 is 17.7 Å². The van der Waals surface area contributed by atoms with Gasteiger partial charge in [0.1, 0.15) is 6.61 Å². The third-order valence-electron chi connectivity index (χ3n) is 1.58. The molecule has 0 spiro atoms. The predicted molar refractivity (Wildman–Crippen MR) is 57.3 cm³/mol. The quantitative estimate of drug-likeness (QED) is 0.561. The number of carbonyl (C=O) groups excluding carboxylic acids is 1. The second kappa shape index (κ2) is 6.45. The second-order valence-corrected chi connectivity index (χ2v) is 3.84. The van der Waals surface area contributed by atoms with Gasteiger partial charge in [-0.25, -0.2) is 0 Å². The Morgan fingerprint density at radius 2 is 2.07 bits per heavy atom. The fourth-order valence-corrected chi connectivity index (χ4v) is 1.72. The van der Waals surface area contributed by atoms with E-state index in [1.807, 2.05) is 30.3 Å². The number of carbonyl (C=O) groups is 1. The van der Waals surface area contributed by atoms with Gasteiger partial charge in [-0.3, -0.25) is 4.79 Å². The van der Waals surface area contributed by atoms with Gasteiger partial charge < -0.3 is 10.4 Å². The first-order chi connectivity index (χ1) is 6.83. The Morgan fingerprint density at radius 3 is 2.71 bits per heavy atom. The molecule has 76 valence electrons. The number of aliphatic hydroxyl groups excluding tert-OH is 1. The first-order valence-electron chi connectivity index (χ1n) is 4.38. The molecule has 0 aliphatic rings. The Bertz CT molecular complexity index is 277. The van der Waals surface area contributed by atoms with Gasteiger partial charge in [-0.2, -0.15) is 0 Å². The van der Waals surface area contributed by atoms with Crippen molar-refractivity contribution in [3.05, 3.63) is 30.3 Å². The van der Waals surface area contributed by atoms with E-state index in [4.69, 9.17) is 5.11 Å². The molecule has 0 unspecified atom stereocenters. The van der Waals surface area contributed by atoms with Crippen LogP contribution in [0, 0.1) is 0 Å². The third kappa shape index (κ3) is 4.30. The van der Waals surface area contributed by atoms with E-state index >= 15 is 0 Å². The molecular weight excluding hydrogens is 198 g/mol. The lowest BCUT2D eigenvalue weighted by Gasteiger charge is -2.02. The highest BCUT2D eigenvalue weighted by atomic mass is 32.2. The molecule has 0 bridgehead atoms. The molecule has 1 rings (SSSR count). The number of hydrogen-bond donors (Lipinski definition) is 2. The van der Waals surface area contributed by atoms with Gasteiger partial charge in [0.2, 0.25) is 5.91 Å². The number of aliphatic hydroxyl groups is 1. The van der Waals surface area contributed by atoms with E-state index in [1.165, 1.54) is 4.90 Å². The van der Waals surface area contributed by atoms with E-state index in [-0.39, 0.29) is 5.91 Å². The van der Waals surface area contributed by atoms with E-state index in [1.54, 1.807) is 11.8 Å². The summed E-state index contributed by atoms with van der Waals surface area (Å²) < 4.78 is 0. The van der Waals surface area contributed by atoms with Gasteiger partial charge in [0.05, 0.1) is 0 Å². The minimum absolute atomic E-state index is 0.321. The van der Waals surface area contributed by atoms with Crippen LogP contribution in [-0.4, -0.2) is 29.9 Å². The van der Waals surface area contributed by atoms with Crippen molar-refractivity contribution in [3.8, 4) is 0 Å². The SMILES string of the molecule is O=C(CO)NCCSc1ccccc1. The number of benzene rings is 1. The van der Waals surface area contributed by atoms with Crippen LogP contribution < -0.4 is 5.32 Å². The molecular formula is C10H13NO2S. The third-order valence-corrected chi connectivity index (χ3v) is 2.59. The molecule has 0 aliphatic carbocycles. The Balaban J connectivity index is 2.13. The average Bonchev–Trinajstić information content (AvgIpc) is 2.25. The van der Waals surface area contributed by atoms with E-state index in [2.05, 4.69) is 5.32 Å². The largest absolute Gasteiger partial charge is 0.387 e. The lowest BCUT2D eigenvalue weighted by molar-refractivity contribution is -0.123. The summed E-state index contributed by atoms with van der Waals surface area (Å²) in [5, 5.41) is 11.0. The monoisotopic (exact) mass is 211 g/mol. The van der Waals surface area contributed by atoms with Crippen molar-refractivity contribution < 1.29 is 9.90 Å². The highest BCUT2D eigenvalue weighted by Gasteiger charge is 1.96. The summed E-state index contributed by atoms with van der Waals surface area (Å²) in [5.41, 5.74) is 0. The zero-order chi connectivity index (χ0) is 10.2. The first-order valence-corrected chi connectivity index (χ1v) is 5.37. The van der Waals surface area contributed by atoms with Crippen LogP contribution in [0.1, 0.15) is 0 Å². The van der Waals surface area contributed by atoms with Crippen LogP contribution in [0.4, 0.5) is 0 Å². The molecule has 1 amide bonds. The van der Waals surface area contributed by atoms with Crippen molar-refractivity contribution in [2.24, 2.45) is 0 Å². The predicted octanol–water partition coefficient (Wildman–Crippen LogP) is 0.887. The summed E-state index contributed by atoms with van der Waals surface area (Å²) in [6.07, 6.45) is 0. The maximum Gasteiger partial charge on any atom is 0.245 e. The van der Waals surface area contributed by atoms with Gasteiger partial charge in [0, 0.05) is 17.2 Å². The number of amides is 1. The average molecular weight is 211 g/mol. The standard InChI is InChI=1S/C10H13NO2S/c12-8-10(13)11-6-7-14-9-4-2-1-3-5-9/h1-5,12H,6-8H2,(H,11,13). The number of nitrogens with one attached hydrogen (secondary N) is 1. The molecule has 0 heterocycles. The Kier molecular flexibility index (Phi) is 5.11. The zero-order valence-corrected chi connectivity index (χ0v) is 8.59. The minimum Gasteiger partial charge on any atom is -0.387 e. The highest BCUT2D eigenvalue weighted by molar-refractivity contribution is 7.99. The number of thioether (sulfide) groups is 1. The summed E-state index contributed by atoms with van der Waals surface area (Å²) >= 11 is 1.68. The Hall–Kier alpha value is -1.00. The Morgan fingerprint density at radius 1 is 1.36 bits per heavy atom. The molecule has 0 saturated carbocycles. The normalized spacial score (nSPS) is 9.79.